The van der Waals surface area contributed by atoms with Crippen LogP contribution in [-0.2, 0) is 12.8 Å². The Morgan fingerprint density at radius 3 is 1.27 bits per heavy atom. The van der Waals surface area contributed by atoms with Gasteiger partial charge in [0.05, 0.1) is 14.2 Å². The lowest BCUT2D eigenvalue weighted by atomic mass is 10.1. The smallest absolute Gasteiger partial charge is 0.160 e. The number of aromatic hydroxyl groups is 2. The number of thioether (sulfide) groups is 2. The van der Waals surface area contributed by atoms with Gasteiger partial charge in [-0.1, -0.05) is 59.4 Å². The first kappa shape index (κ1) is 35.2. The predicted molar refractivity (Wildman–Crippen MR) is 182 cm³/mol. The highest BCUT2D eigenvalue weighted by Gasteiger charge is 2.04. The van der Waals surface area contributed by atoms with Crippen molar-refractivity contribution in [2.75, 3.05) is 48.7 Å². The first-order valence-corrected chi connectivity index (χ1v) is 19.6. The summed E-state index contributed by atoms with van der Waals surface area (Å²) in [6, 6.07) is 11.3. The summed E-state index contributed by atoms with van der Waals surface area (Å²) in [5.74, 6) is 9.10. The molecule has 0 radical (unpaired) electrons. The summed E-state index contributed by atoms with van der Waals surface area (Å²) in [6.45, 7) is 0. The van der Waals surface area contributed by atoms with E-state index in [0.29, 0.717) is 11.5 Å². The maximum Gasteiger partial charge on any atom is 0.160 e. The molecule has 40 heavy (non-hydrogen) atoms. The standard InChI is InChI=1S/C32H50O4S4/c1-35-31-25-27(15-17-29(31)33)13-11-21-37-19-7-3-5-9-23-39-40-24-10-6-4-8-20-38-22-12-14-28-16-18-30(34)32(26-28)36-2/h15-18,25-26,33-34H,3-14,19-24H2,1-2H3. The van der Waals surface area contributed by atoms with Gasteiger partial charge in [-0.05, 0) is 110 Å². The molecule has 0 amide bonds. The van der Waals surface area contributed by atoms with Gasteiger partial charge in [0, 0.05) is 11.5 Å². The second kappa shape index (κ2) is 23.6. The molecule has 0 aliphatic rings. The lowest BCUT2D eigenvalue weighted by Gasteiger charge is -2.07. The van der Waals surface area contributed by atoms with Crippen molar-refractivity contribution >= 4 is 45.1 Å². The van der Waals surface area contributed by atoms with Gasteiger partial charge in [0.2, 0.25) is 0 Å². The molecule has 4 nitrogen and oxygen atoms in total. The van der Waals surface area contributed by atoms with Gasteiger partial charge in [-0.15, -0.1) is 0 Å². The number of phenolic OH excluding ortho intramolecular Hbond substituents is 2. The Hall–Kier alpha value is -0.960. The summed E-state index contributed by atoms with van der Waals surface area (Å²) in [5, 5.41) is 19.4. The van der Waals surface area contributed by atoms with Crippen LogP contribution in [0.1, 0.15) is 75.3 Å². The molecule has 2 rings (SSSR count). The molecule has 2 aromatic rings. The van der Waals surface area contributed by atoms with E-state index in [1.54, 1.807) is 26.4 Å². The fourth-order valence-electron chi connectivity index (χ4n) is 4.27. The summed E-state index contributed by atoms with van der Waals surface area (Å²) in [4.78, 5) is 0. The minimum atomic E-state index is 0.215. The highest BCUT2D eigenvalue weighted by atomic mass is 33.1. The van der Waals surface area contributed by atoms with E-state index < -0.39 is 0 Å². The zero-order valence-corrected chi connectivity index (χ0v) is 27.8. The second-order valence-corrected chi connectivity index (χ2v) is 15.1. The Kier molecular flexibility index (Phi) is 20.8. The number of hydrogen-bond acceptors (Lipinski definition) is 8. The van der Waals surface area contributed by atoms with Crippen molar-refractivity contribution in [3.8, 4) is 23.0 Å². The van der Waals surface area contributed by atoms with Crippen molar-refractivity contribution in [2.45, 2.75) is 77.0 Å². The van der Waals surface area contributed by atoms with E-state index in [4.69, 9.17) is 9.47 Å². The summed E-state index contributed by atoms with van der Waals surface area (Å²) in [6.07, 6.45) is 15.2. The van der Waals surface area contributed by atoms with Gasteiger partial charge in [0.15, 0.2) is 23.0 Å². The van der Waals surface area contributed by atoms with Crippen LogP contribution in [0.2, 0.25) is 0 Å². The number of rotatable bonds is 25. The summed E-state index contributed by atoms with van der Waals surface area (Å²) in [7, 11) is 7.33. The number of benzene rings is 2. The predicted octanol–water partition coefficient (Wildman–Crippen LogP) is 9.65. The van der Waals surface area contributed by atoms with E-state index >= 15 is 0 Å². The number of methoxy groups -OCH3 is 2. The zero-order valence-electron chi connectivity index (χ0n) is 24.5. The lowest BCUT2D eigenvalue weighted by molar-refractivity contribution is 0.373. The van der Waals surface area contributed by atoms with Crippen LogP contribution in [-0.4, -0.2) is 58.9 Å². The average molecular weight is 627 g/mol. The fourth-order valence-corrected chi connectivity index (χ4v) is 8.49. The number of unbranched alkanes of at least 4 members (excludes halogenated alkanes) is 6. The third kappa shape index (κ3) is 16.5. The molecular weight excluding hydrogens is 577 g/mol. The lowest BCUT2D eigenvalue weighted by Crippen LogP contribution is -1.92. The molecule has 2 N–H and O–H groups in total. The van der Waals surface area contributed by atoms with Crippen LogP contribution in [0.25, 0.3) is 0 Å². The Bertz CT molecular complexity index is 839. The van der Waals surface area contributed by atoms with Gasteiger partial charge in [-0.3, -0.25) is 0 Å². The molecule has 0 saturated carbocycles. The molecule has 0 aromatic heterocycles. The highest BCUT2D eigenvalue weighted by molar-refractivity contribution is 8.76. The first-order chi connectivity index (χ1) is 19.6. The van der Waals surface area contributed by atoms with Gasteiger partial charge in [-0.2, -0.15) is 23.5 Å². The number of phenols is 2. The summed E-state index contributed by atoms with van der Waals surface area (Å²) in [5.41, 5.74) is 2.47. The molecule has 0 heterocycles. The zero-order chi connectivity index (χ0) is 28.7. The summed E-state index contributed by atoms with van der Waals surface area (Å²) < 4.78 is 10.4. The second-order valence-electron chi connectivity index (χ2n) is 9.92. The van der Waals surface area contributed by atoms with Crippen LogP contribution in [0.4, 0.5) is 0 Å². The van der Waals surface area contributed by atoms with Crippen molar-refractivity contribution in [1.29, 1.82) is 0 Å². The molecule has 8 heteroatoms. The molecule has 0 aliphatic heterocycles. The monoisotopic (exact) mass is 626 g/mol. The topological polar surface area (TPSA) is 58.9 Å². The molecule has 0 unspecified atom stereocenters. The fraction of sp³-hybridized carbons (Fsp3) is 0.625. The Labute approximate surface area is 259 Å². The van der Waals surface area contributed by atoms with E-state index in [2.05, 4.69) is 45.1 Å². The van der Waals surface area contributed by atoms with Gasteiger partial charge in [-0.25, -0.2) is 0 Å². The van der Waals surface area contributed by atoms with Crippen LogP contribution < -0.4 is 9.47 Å². The van der Waals surface area contributed by atoms with Crippen LogP contribution in [0.5, 0.6) is 23.0 Å². The van der Waals surface area contributed by atoms with Gasteiger partial charge < -0.3 is 19.7 Å². The number of aryl methyl sites for hydroxylation is 2. The van der Waals surface area contributed by atoms with Crippen molar-refractivity contribution in [3.05, 3.63) is 47.5 Å². The van der Waals surface area contributed by atoms with Crippen LogP contribution >= 0.6 is 45.1 Å². The average Bonchev–Trinajstić information content (AvgIpc) is 2.97. The number of ether oxygens (including phenoxy) is 2. The van der Waals surface area contributed by atoms with E-state index in [9.17, 15) is 10.2 Å². The van der Waals surface area contributed by atoms with Crippen LogP contribution in [0, 0.1) is 0 Å². The molecule has 0 aliphatic carbocycles. The van der Waals surface area contributed by atoms with Crippen molar-refractivity contribution in [3.63, 3.8) is 0 Å². The molecule has 0 bridgehead atoms. The Morgan fingerprint density at radius 2 is 0.875 bits per heavy atom. The van der Waals surface area contributed by atoms with Gasteiger partial charge >= 0.3 is 0 Å². The molecule has 0 fully saturated rings. The third-order valence-corrected chi connectivity index (χ3v) is 11.5. The van der Waals surface area contributed by atoms with E-state index in [1.165, 1.54) is 110 Å². The summed E-state index contributed by atoms with van der Waals surface area (Å²) >= 11 is 4.14. The van der Waals surface area contributed by atoms with Crippen LogP contribution in [0.15, 0.2) is 36.4 Å². The van der Waals surface area contributed by atoms with Gasteiger partial charge in [0.1, 0.15) is 0 Å². The quantitative estimate of drug-likeness (QED) is 0.0835. The Balaban J connectivity index is 1.25. The van der Waals surface area contributed by atoms with Gasteiger partial charge in [0.25, 0.3) is 0 Å². The van der Waals surface area contributed by atoms with Crippen molar-refractivity contribution in [1.82, 2.24) is 0 Å². The molecule has 0 spiro atoms. The first-order valence-electron chi connectivity index (χ1n) is 14.8. The SMILES string of the molecule is COc1cc(CCCSCCCCCCSSCCCCCCSCCCc2ccc(O)c(OC)c2)ccc1O. The Morgan fingerprint density at radius 1 is 0.500 bits per heavy atom. The molecule has 226 valence electrons. The highest BCUT2D eigenvalue weighted by Crippen LogP contribution is 2.28. The molecule has 2 aromatic carbocycles. The molecule has 0 atom stereocenters. The molecule has 0 saturated heterocycles. The van der Waals surface area contributed by atoms with Crippen LogP contribution in [0.3, 0.4) is 0 Å². The van der Waals surface area contributed by atoms with E-state index in [0.717, 1.165) is 12.8 Å². The largest absolute Gasteiger partial charge is 0.504 e. The van der Waals surface area contributed by atoms with Crippen molar-refractivity contribution in [2.24, 2.45) is 0 Å². The van der Waals surface area contributed by atoms with Crippen molar-refractivity contribution < 1.29 is 19.7 Å². The molecular formula is C32H50O4S4. The maximum absolute atomic E-state index is 9.68. The minimum absolute atomic E-state index is 0.215. The van der Waals surface area contributed by atoms with E-state index in [1.807, 2.05) is 24.3 Å². The third-order valence-electron chi connectivity index (χ3n) is 6.61. The minimum Gasteiger partial charge on any atom is -0.504 e. The number of hydrogen-bond donors (Lipinski definition) is 2. The normalized spacial score (nSPS) is 11.2. The van der Waals surface area contributed by atoms with E-state index in [-0.39, 0.29) is 11.5 Å². The maximum atomic E-state index is 9.68.